The van der Waals surface area contributed by atoms with E-state index < -0.39 is 0 Å². The van der Waals surface area contributed by atoms with Gasteiger partial charge in [-0.25, -0.2) is 0 Å². The second kappa shape index (κ2) is 4.95. The highest BCUT2D eigenvalue weighted by atomic mass is 32.1. The predicted octanol–water partition coefficient (Wildman–Crippen LogP) is 3.04. The average molecular weight is 231 g/mol. The van der Waals surface area contributed by atoms with Crippen LogP contribution in [0, 0.1) is 11.3 Å². The van der Waals surface area contributed by atoms with Gasteiger partial charge in [0.15, 0.2) is 0 Å². The molecule has 0 amide bonds. The number of hydrogen-bond donors (Lipinski definition) is 0. The van der Waals surface area contributed by atoms with Crippen molar-refractivity contribution in [1.29, 1.82) is 5.26 Å². The van der Waals surface area contributed by atoms with Gasteiger partial charge in [-0.3, -0.25) is 0 Å². The van der Waals surface area contributed by atoms with Crippen LogP contribution in [0.5, 0.6) is 0 Å². The molecule has 0 saturated carbocycles. The number of fused-ring (bicyclic) bond motifs is 1. The summed E-state index contributed by atoms with van der Waals surface area (Å²) in [5.41, 5.74) is 1.04. The van der Waals surface area contributed by atoms with E-state index in [4.69, 9.17) is 5.26 Å². The number of hydrogen-bond acceptors (Lipinski definition) is 4. The van der Waals surface area contributed by atoms with Gasteiger partial charge in [0.2, 0.25) is 0 Å². The van der Waals surface area contributed by atoms with Gasteiger partial charge in [-0.15, -0.1) is 0 Å². The normalized spacial score (nSPS) is 10.2. The third-order valence-corrected chi connectivity index (χ3v) is 3.47. The number of nitrogens with zero attached hydrogens (tertiary/aromatic N) is 3. The van der Waals surface area contributed by atoms with Crippen LogP contribution < -0.4 is 4.90 Å². The number of benzene rings is 1. The third kappa shape index (κ3) is 2.00. The van der Waals surface area contributed by atoms with Gasteiger partial charge in [-0.05, 0) is 30.6 Å². The molecule has 0 atom stereocenters. The first-order valence-electron chi connectivity index (χ1n) is 5.33. The molecule has 0 unspecified atom stereocenters. The lowest BCUT2D eigenvalue weighted by Crippen LogP contribution is -2.22. The second-order valence-corrected chi connectivity index (χ2v) is 4.24. The van der Waals surface area contributed by atoms with Crippen molar-refractivity contribution in [2.24, 2.45) is 0 Å². The van der Waals surface area contributed by atoms with Gasteiger partial charge in [0, 0.05) is 18.5 Å². The first kappa shape index (κ1) is 10.9. The van der Waals surface area contributed by atoms with Crippen molar-refractivity contribution < 1.29 is 0 Å². The topological polar surface area (TPSA) is 39.9 Å². The summed E-state index contributed by atoms with van der Waals surface area (Å²) in [6, 6.07) is 10.3. The summed E-state index contributed by atoms with van der Waals surface area (Å²) in [6.45, 7) is 3.79. The Hall–Kier alpha value is -1.60. The van der Waals surface area contributed by atoms with Crippen LogP contribution in [-0.4, -0.2) is 17.5 Å². The van der Waals surface area contributed by atoms with Gasteiger partial charge < -0.3 is 4.90 Å². The molecule has 0 bridgehead atoms. The van der Waals surface area contributed by atoms with E-state index in [1.807, 2.05) is 18.2 Å². The van der Waals surface area contributed by atoms with Gasteiger partial charge in [0.25, 0.3) is 0 Å². The molecule has 1 aromatic heterocycles. The lowest BCUT2D eigenvalue weighted by atomic mass is 10.2. The zero-order valence-electron chi connectivity index (χ0n) is 9.18. The largest absolute Gasteiger partial charge is 0.361 e. The SMILES string of the molecule is CCN(CCC#N)c1snc2ccccc12. The third-order valence-electron chi connectivity index (χ3n) is 2.53. The minimum Gasteiger partial charge on any atom is -0.361 e. The van der Waals surface area contributed by atoms with Gasteiger partial charge in [-0.2, -0.15) is 9.64 Å². The molecule has 0 aliphatic carbocycles. The fraction of sp³-hybridized carbons (Fsp3) is 0.333. The van der Waals surface area contributed by atoms with E-state index in [1.54, 1.807) is 0 Å². The lowest BCUT2D eigenvalue weighted by Gasteiger charge is -2.19. The summed E-state index contributed by atoms with van der Waals surface area (Å²) in [4.78, 5) is 2.21. The van der Waals surface area contributed by atoms with E-state index in [2.05, 4.69) is 28.3 Å². The first-order chi connectivity index (χ1) is 7.86. The maximum Gasteiger partial charge on any atom is 0.119 e. The minimum absolute atomic E-state index is 0.556. The summed E-state index contributed by atoms with van der Waals surface area (Å²) in [5.74, 6) is 0. The molecule has 2 aromatic rings. The van der Waals surface area contributed by atoms with Crippen molar-refractivity contribution >= 4 is 27.4 Å². The smallest absolute Gasteiger partial charge is 0.119 e. The first-order valence-corrected chi connectivity index (χ1v) is 6.10. The van der Waals surface area contributed by atoms with Crippen molar-refractivity contribution in [3.05, 3.63) is 24.3 Å². The zero-order chi connectivity index (χ0) is 11.4. The van der Waals surface area contributed by atoms with E-state index in [0.29, 0.717) is 6.42 Å². The summed E-state index contributed by atoms with van der Waals surface area (Å²) in [7, 11) is 0. The van der Waals surface area contributed by atoms with Crippen LogP contribution in [0.2, 0.25) is 0 Å². The highest BCUT2D eigenvalue weighted by molar-refractivity contribution is 7.11. The molecule has 0 spiro atoms. The minimum atomic E-state index is 0.556. The van der Waals surface area contributed by atoms with Gasteiger partial charge in [-0.1, -0.05) is 12.1 Å². The van der Waals surface area contributed by atoms with Crippen LogP contribution in [0.4, 0.5) is 5.00 Å². The number of aromatic nitrogens is 1. The maximum atomic E-state index is 8.63. The van der Waals surface area contributed by atoms with E-state index in [-0.39, 0.29) is 0 Å². The summed E-state index contributed by atoms with van der Waals surface area (Å²) < 4.78 is 4.41. The van der Waals surface area contributed by atoms with Crippen LogP contribution in [0.15, 0.2) is 24.3 Å². The monoisotopic (exact) mass is 231 g/mol. The predicted molar refractivity (Wildman–Crippen MR) is 67.7 cm³/mol. The van der Waals surface area contributed by atoms with Gasteiger partial charge in [0.1, 0.15) is 5.00 Å². The van der Waals surface area contributed by atoms with Gasteiger partial charge >= 0.3 is 0 Å². The summed E-state index contributed by atoms with van der Waals surface area (Å²) in [5, 5.41) is 11.0. The van der Waals surface area contributed by atoms with E-state index in [0.717, 1.165) is 18.6 Å². The molecule has 2 rings (SSSR count). The number of nitriles is 1. The molecule has 4 heteroatoms. The highest BCUT2D eigenvalue weighted by Crippen LogP contribution is 2.30. The molecule has 0 radical (unpaired) electrons. The molecule has 82 valence electrons. The van der Waals surface area contributed by atoms with Gasteiger partial charge in [0.05, 0.1) is 18.0 Å². The molecule has 0 aliphatic heterocycles. The van der Waals surface area contributed by atoms with Crippen molar-refractivity contribution in [3.63, 3.8) is 0 Å². The fourth-order valence-corrected chi connectivity index (χ4v) is 2.64. The van der Waals surface area contributed by atoms with Crippen LogP contribution in [0.3, 0.4) is 0 Å². The van der Waals surface area contributed by atoms with E-state index in [9.17, 15) is 0 Å². The molecule has 3 nitrogen and oxygen atoms in total. The molecule has 0 N–H and O–H groups in total. The Labute approximate surface area is 99.1 Å². The molecule has 0 fully saturated rings. The second-order valence-electron chi connectivity index (χ2n) is 3.49. The number of rotatable bonds is 4. The van der Waals surface area contributed by atoms with Crippen molar-refractivity contribution in [1.82, 2.24) is 4.37 Å². The van der Waals surface area contributed by atoms with Crippen LogP contribution >= 0.6 is 11.5 Å². The summed E-state index contributed by atoms with van der Waals surface area (Å²) >= 11 is 1.51. The Morgan fingerprint density at radius 1 is 1.44 bits per heavy atom. The standard InChI is InChI=1S/C12H13N3S/c1-2-15(9-5-8-13)12-10-6-3-4-7-11(10)14-16-12/h3-4,6-7H,2,5,9H2,1H3. The summed E-state index contributed by atoms with van der Waals surface area (Å²) in [6.07, 6.45) is 0.556. The van der Waals surface area contributed by atoms with E-state index in [1.165, 1.54) is 21.9 Å². The average Bonchev–Trinajstić information content (AvgIpc) is 2.75. The van der Waals surface area contributed by atoms with Crippen molar-refractivity contribution in [3.8, 4) is 6.07 Å². The highest BCUT2D eigenvalue weighted by Gasteiger charge is 2.11. The van der Waals surface area contributed by atoms with E-state index >= 15 is 0 Å². The molecule has 16 heavy (non-hydrogen) atoms. The Bertz CT molecular complexity index is 512. The Balaban J connectivity index is 2.34. The Kier molecular flexibility index (Phi) is 3.37. The molecule has 0 aliphatic rings. The Morgan fingerprint density at radius 2 is 2.25 bits per heavy atom. The van der Waals surface area contributed by atoms with Crippen molar-refractivity contribution in [2.75, 3.05) is 18.0 Å². The molecule has 0 saturated heterocycles. The quantitative estimate of drug-likeness (QED) is 0.812. The molecule has 1 aromatic carbocycles. The van der Waals surface area contributed by atoms with Crippen LogP contribution in [0.25, 0.3) is 10.9 Å². The molecular formula is C12H13N3S. The van der Waals surface area contributed by atoms with Crippen LogP contribution in [-0.2, 0) is 0 Å². The maximum absolute atomic E-state index is 8.63. The Morgan fingerprint density at radius 3 is 3.00 bits per heavy atom. The lowest BCUT2D eigenvalue weighted by molar-refractivity contribution is 0.838. The van der Waals surface area contributed by atoms with Crippen LogP contribution in [0.1, 0.15) is 13.3 Å². The number of anilines is 1. The molecular weight excluding hydrogens is 218 g/mol. The zero-order valence-corrected chi connectivity index (χ0v) is 10.00. The fourth-order valence-electron chi connectivity index (χ4n) is 1.69. The van der Waals surface area contributed by atoms with Crippen molar-refractivity contribution in [2.45, 2.75) is 13.3 Å². The molecule has 1 heterocycles.